The lowest BCUT2D eigenvalue weighted by molar-refractivity contribution is 0.0637. The molecule has 0 saturated heterocycles. The molecule has 2 aromatic carbocycles. The van der Waals surface area contributed by atoms with Crippen molar-refractivity contribution < 1.29 is 9.18 Å². The van der Waals surface area contributed by atoms with Crippen molar-refractivity contribution in [3.05, 3.63) is 71.3 Å². The minimum atomic E-state index is -1.75. The Morgan fingerprint density at radius 3 is 2.47 bits per heavy atom. The molecule has 1 aliphatic rings. The molecule has 0 spiro atoms. The molecule has 0 N–H and O–H groups in total. The highest BCUT2D eigenvalue weighted by molar-refractivity contribution is 6.04. The van der Waals surface area contributed by atoms with Crippen molar-refractivity contribution in [1.82, 2.24) is 0 Å². The smallest absolute Gasteiger partial charge is 0.200 e. The first kappa shape index (κ1) is 12.1. The van der Waals surface area contributed by atoms with Crippen molar-refractivity contribution in [3.8, 4) is 0 Å². The summed E-state index contributed by atoms with van der Waals surface area (Å²) in [4.78, 5) is 12.4. The number of benzene rings is 2. The third-order valence-electron chi connectivity index (χ3n) is 3.79. The van der Waals surface area contributed by atoms with Gasteiger partial charge in [-0.15, -0.1) is 0 Å². The second-order valence-electron chi connectivity index (χ2n) is 5.11. The van der Waals surface area contributed by atoms with Gasteiger partial charge in [0.1, 0.15) is 0 Å². The number of ketones is 1. The van der Waals surface area contributed by atoms with Crippen LogP contribution in [0.5, 0.6) is 0 Å². The summed E-state index contributed by atoms with van der Waals surface area (Å²) < 4.78 is 15.0. The number of alkyl halides is 1. The molecule has 1 nitrogen and oxygen atoms in total. The van der Waals surface area contributed by atoms with Crippen LogP contribution in [-0.4, -0.2) is 11.5 Å². The fourth-order valence-electron chi connectivity index (χ4n) is 2.74. The molecule has 0 unspecified atom stereocenters. The molecule has 19 heavy (non-hydrogen) atoms. The summed E-state index contributed by atoms with van der Waals surface area (Å²) in [6.45, 7) is 0. The standard InChI is InChI=1S/C17H15FO/c18-17(12-13-6-2-1-3-7-13)11-10-14-8-4-5-9-15(14)16(17)19/h1-9H,10-12H2/t17-/m1/s1. The number of fused-ring (bicyclic) bond motifs is 1. The topological polar surface area (TPSA) is 17.1 Å². The molecule has 0 amide bonds. The molecule has 0 aliphatic heterocycles. The molecule has 0 bridgehead atoms. The number of halogens is 1. The summed E-state index contributed by atoms with van der Waals surface area (Å²) in [5, 5.41) is 0. The highest BCUT2D eigenvalue weighted by atomic mass is 19.1. The fourth-order valence-corrected chi connectivity index (χ4v) is 2.74. The van der Waals surface area contributed by atoms with Gasteiger partial charge in [0.05, 0.1) is 0 Å². The van der Waals surface area contributed by atoms with Gasteiger partial charge in [0, 0.05) is 12.0 Å². The first-order valence-corrected chi connectivity index (χ1v) is 6.55. The lowest BCUT2D eigenvalue weighted by Crippen LogP contribution is -2.40. The van der Waals surface area contributed by atoms with E-state index >= 15 is 0 Å². The number of hydrogen-bond acceptors (Lipinski definition) is 1. The third kappa shape index (κ3) is 2.19. The summed E-state index contributed by atoms with van der Waals surface area (Å²) in [5.41, 5.74) is 0.633. The van der Waals surface area contributed by atoms with Gasteiger partial charge in [-0.25, -0.2) is 4.39 Å². The number of carbonyl (C=O) groups excluding carboxylic acids is 1. The van der Waals surface area contributed by atoms with Gasteiger partial charge in [0.25, 0.3) is 0 Å². The van der Waals surface area contributed by atoms with Crippen LogP contribution in [0.25, 0.3) is 0 Å². The van der Waals surface area contributed by atoms with Gasteiger partial charge in [0.15, 0.2) is 5.67 Å². The van der Waals surface area contributed by atoms with Crippen molar-refractivity contribution in [3.63, 3.8) is 0 Å². The van der Waals surface area contributed by atoms with Gasteiger partial charge >= 0.3 is 0 Å². The van der Waals surface area contributed by atoms with E-state index in [2.05, 4.69) is 0 Å². The van der Waals surface area contributed by atoms with Crippen LogP contribution in [0.2, 0.25) is 0 Å². The highest BCUT2D eigenvalue weighted by Gasteiger charge is 2.42. The summed E-state index contributed by atoms with van der Waals surface area (Å²) in [6.07, 6.45) is 1.07. The van der Waals surface area contributed by atoms with Crippen molar-refractivity contribution in [2.24, 2.45) is 0 Å². The van der Waals surface area contributed by atoms with Crippen molar-refractivity contribution in [1.29, 1.82) is 0 Å². The van der Waals surface area contributed by atoms with Crippen LogP contribution in [0.15, 0.2) is 54.6 Å². The summed E-state index contributed by atoms with van der Waals surface area (Å²) in [6, 6.07) is 16.7. The van der Waals surface area contributed by atoms with Crippen LogP contribution < -0.4 is 0 Å². The molecule has 2 heteroatoms. The maximum atomic E-state index is 15.0. The molecule has 1 aliphatic carbocycles. The minimum Gasteiger partial charge on any atom is -0.291 e. The van der Waals surface area contributed by atoms with E-state index in [1.165, 1.54) is 0 Å². The number of hydrogen-bond donors (Lipinski definition) is 0. The summed E-state index contributed by atoms with van der Waals surface area (Å²) in [7, 11) is 0. The highest BCUT2D eigenvalue weighted by Crippen LogP contribution is 2.34. The second kappa shape index (κ2) is 4.61. The van der Waals surface area contributed by atoms with Crippen LogP contribution in [-0.2, 0) is 12.8 Å². The number of carbonyl (C=O) groups is 1. The maximum Gasteiger partial charge on any atom is 0.200 e. The zero-order valence-corrected chi connectivity index (χ0v) is 10.6. The summed E-state index contributed by atoms with van der Waals surface area (Å²) >= 11 is 0. The Morgan fingerprint density at radius 2 is 1.68 bits per heavy atom. The molecule has 0 aromatic heterocycles. The second-order valence-corrected chi connectivity index (χ2v) is 5.11. The molecule has 0 saturated carbocycles. The Hall–Kier alpha value is -1.96. The predicted octanol–water partition coefficient (Wildman–Crippen LogP) is 3.77. The first-order valence-electron chi connectivity index (χ1n) is 6.55. The lowest BCUT2D eigenvalue weighted by Gasteiger charge is -2.29. The largest absolute Gasteiger partial charge is 0.291 e. The van der Waals surface area contributed by atoms with E-state index in [9.17, 15) is 9.18 Å². The molecule has 2 aromatic rings. The average Bonchev–Trinajstić information content (AvgIpc) is 2.45. The molecule has 0 radical (unpaired) electrons. The molecule has 0 heterocycles. The van der Waals surface area contributed by atoms with Gasteiger partial charge in [-0.05, 0) is 24.0 Å². The van der Waals surface area contributed by atoms with Gasteiger partial charge in [-0.1, -0.05) is 54.6 Å². The van der Waals surface area contributed by atoms with Gasteiger partial charge in [0.2, 0.25) is 5.78 Å². The fraction of sp³-hybridized carbons (Fsp3) is 0.235. The zero-order chi connectivity index (χ0) is 13.3. The van der Waals surface area contributed by atoms with Crippen LogP contribution >= 0.6 is 0 Å². The zero-order valence-electron chi connectivity index (χ0n) is 10.6. The number of aryl methyl sites for hydroxylation is 1. The average molecular weight is 254 g/mol. The van der Waals surface area contributed by atoms with Crippen molar-refractivity contribution in [2.45, 2.75) is 24.9 Å². The van der Waals surface area contributed by atoms with E-state index in [0.717, 1.165) is 11.1 Å². The third-order valence-corrected chi connectivity index (χ3v) is 3.79. The Balaban J connectivity index is 1.92. The summed E-state index contributed by atoms with van der Waals surface area (Å²) in [5.74, 6) is -0.363. The first-order chi connectivity index (χ1) is 9.19. The monoisotopic (exact) mass is 254 g/mol. The van der Waals surface area contributed by atoms with Crippen LogP contribution in [0.4, 0.5) is 4.39 Å². The molecule has 0 fully saturated rings. The normalized spacial score (nSPS) is 22.1. The molecular formula is C17H15FO. The SMILES string of the molecule is O=C1c2ccccc2CC[C@@]1(F)Cc1ccccc1. The van der Waals surface area contributed by atoms with Crippen molar-refractivity contribution in [2.75, 3.05) is 0 Å². The van der Waals surface area contributed by atoms with E-state index < -0.39 is 5.67 Å². The Morgan fingerprint density at radius 1 is 1.00 bits per heavy atom. The van der Waals surface area contributed by atoms with Gasteiger partial charge < -0.3 is 0 Å². The van der Waals surface area contributed by atoms with E-state index in [0.29, 0.717) is 12.0 Å². The van der Waals surface area contributed by atoms with E-state index in [4.69, 9.17) is 0 Å². The van der Waals surface area contributed by atoms with Gasteiger partial charge in [-0.3, -0.25) is 4.79 Å². The van der Waals surface area contributed by atoms with Gasteiger partial charge in [-0.2, -0.15) is 0 Å². The van der Waals surface area contributed by atoms with E-state index in [1.54, 1.807) is 12.1 Å². The van der Waals surface area contributed by atoms with Crippen LogP contribution in [0.3, 0.4) is 0 Å². The Labute approximate surface area is 112 Å². The Bertz CT molecular complexity index is 606. The van der Waals surface area contributed by atoms with Crippen LogP contribution in [0.1, 0.15) is 27.9 Å². The van der Waals surface area contributed by atoms with Crippen LogP contribution in [0, 0.1) is 0 Å². The molecular weight excluding hydrogens is 239 g/mol. The quantitative estimate of drug-likeness (QED) is 0.797. The van der Waals surface area contributed by atoms with Crippen molar-refractivity contribution >= 4 is 5.78 Å². The predicted molar refractivity (Wildman–Crippen MR) is 73.1 cm³/mol. The molecule has 96 valence electrons. The molecule has 1 atom stereocenters. The van der Waals surface area contributed by atoms with E-state index in [1.807, 2.05) is 42.5 Å². The Kier molecular flexibility index (Phi) is 2.94. The lowest BCUT2D eigenvalue weighted by atomic mass is 9.77. The number of Topliss-reactive ketones (excluding diaryl/α,β-unsaturated/α-hetero) is 1. The minimum absolute atomic E-state index is 0.168. The van der Waals surface area contributed by atoms with E-state index in [-0.39, 0.29) is 18.6 Å². The molecule has 3 rings (SSSR count). The maximum absolute atomic E-state index is 15.0. The number of rotatable bonds is 2.